The summed E-state index contributed by atoms with van der Waals surface area (Å²) in [6, 6.07) is 43.9. The smallest absolute Gasteiger partial charge is 0.0644 e. The van der Waals surface area contributed by atoms with Crippen molar-refractivity contribution in [3.8, 4) is 22.3 Å². The van der Waals surface area contributed by atoms with Gasteiger partial charge >= 0.3 is 0 Å². The molecule has 270 valence electrons. The fourth-order valence-corrected chi connectivity index (χ4v) is 8.20. The van der Waals surface area contributed by atoms with Crippen molar-refractivity contribution in [2.75, 3.05) is 9.80 Å². The van der Waals surface area contributed by atoms with Crippen LogP contribution in [0.1, 0.15) is 22.3 Å². The van der Waals surface area contributed by atoms with Crippen LogP contribution < -0.4 is 9.80 Å². The lowest BCUT2D eigenvalue weighted by molar-refractivity contribution is 1.21. The molecule has 0 saturated heterocycles. The van der Waals surface area contributed by atoms with Crippen molar-refractivity contribution in [2.24, 2.45) is 0 Å². The minimum absolute atomic E-state index is 0.970. The average Bonchev–Trinajstić information content (AvgIpc) is 3.21. The van der Waals surface area contributed by atoms with Gasteiger partial charge in [0.25, 0.3) is 0 Å². The van der Waals surface area contributed by atoms with E-state index in [1.165, 1.54) is 66.1 Å². The maximum atomic E-state index is 4.51. The van der Waals surface area contributed by atoms with Gasteiger partial charge in [0.2, 0.25) is 0 Å². The van der Waals surface area contributed by atoms with Gasteiger partial charge in [-0.05, 0) is 144 Å². The van der Waals surface area contributed by atoms with E-state index in [1.54, 1.807) is 0 Å². The summed E-state index contributed by atoms with van der Waals surface area (Å²) >= 11 is 0. The lowest BCUT2D eigenvalue weighted by Crippen LogP contribution is -2.11. The van der Waals surface area contributed by atoms with Crippen molar-refractivity contribution in [1.82, 2.24) is 19.9 Å². The number of hydrogen-bond acceptors (Lipinski definition) is 6. The average molecular weight is 725 g/mol. The molecule has 0 radical (unpaired) electrons. The largest absolute Gasteiger partial charge is 0.309 e. The number of benzene rings is 5. The Kier molecular flexibility index (Phi) is 9.00. The van der Waals surface area contributed by atoms with Crippen LogP contribution in [0.2, 0.25) is 0 Å². The van der Waals surface area contributed by atoms with Gasteiger partial charge in [-0.15, -0.1) is 0 Å². The lowest BCUT2D eigenvalue weighted by Gasteiger charge is -2.28. The monoisotopic (exact) mass is 724 g/mol. The highest BCUT2D eigenvalue weighted by molar-refractivity contribution is 6.22. The molecule has 9 rings (SSSR count). The van der Waals surface area contributed by atoms with Crippen molar-refractivity contribution < 1.29 is 0 Å². The van der Waals surface area contributed by atoms with Gasteiger partial charge in [0.1, 0.15) is 0 Å². The van der Waals surface area contributed by atoms with Gasteiger partial charge in [0.15, 0.2) is 0 Å². The zero-order valence-electron chi connectivity index (χ0n) is 31.8. The summed E-state index contributed by atoms with van der Waals surface area (Å²) in [6.07, 6.45) is 14.8. The molecule has 9 aromatic rings. The molecule has 6 nitrogen and oxygen atoms in total. The first-order valence-electron chi connectivity index (χ1n) is 18.8. The Morgan fingerprint density at radius 2 is 0.714 bits per heavy atom. The first-order valence-corrected chi connectivity index (χ1v) is 18.8. The molecule has 0 amide bonds. The van der Waals surface area contributed by atoms with Crippen LogP contribution in [-0.4, -0.2) is 19.9 Å². The number of anilines is 6. The van der Waals surface area contributed by atoms with Gasteiger partial charge in [-0.25, -0.2) is 0 Å². The zero-order valence-corrected chi connectivity index (χ0v) is 31.8. The SMILES string of the molecule is Cc1cc(C)cc(-c2c3ccc(N(c4ccncc4)c4cccnc4)cc3c(-c3cc(C)cc(C)c3)c3ccc(N(c4ccncc4)c4cccnc4)cc23)c1. The minimum atomic E-state index is 0.970. The zero-order chi connectivity index (χ0) is 38.2. The van der Waals surface area contributed by atoms with Gasteiger partial charge in [0.05, 0.1) is 23.8 Å². The molecule has 0 N–H and O–H groups in total. The molecule has 0 saturated carbocycles. The highest BCUT2D eigenvalue weighted by Gasteiger charge is 2.22. The van der Waals surface area contributed by atoms with Crippen LogP contribution >= 0.6 is 0 Å². The van der Waals surface area contributed by atoms with Crippen molar-refractivity contribution in [1.29, 1.82) is 0 Å². The van der Waals surface area contributed by atoms with E-state index < -0.39 is 0 Å². The molecule has 0 unspecified atom stereocenters. The number of aromatic nitrogens is 4. The third-order valence-corrected chi connectivity index (χ3v) is 10.3. The molecule has 6 heteroatoms. The third-order valence-electron chi connectivity index (χ3n) is 10.3. The van der Waals surface area contributed by atoms with Crippen molar-refractivity contribution in [3.05, 3.63) is 193 Å². The maximum absolute atomic E-state index is 4.51. The molecule has 56 heavy (non-hydrogen) atoms. The Balaban J connectivity index is 1.41. The van der Waals surface area contributed by atoms with E-state index in [0.717, 1.165) is 34.1 Å². The number of rotatable bonds is 8. The van der Waals surface area contributed by atoms with Crippen LogP contribution in [0.15, 0.2) is 171 Å². The fourth-order valence-electron chi connectivity index (χ4n) is 8.20. The predicted molar refractivity (Wildman–Crippen MR) is 232 cm³/mol. The summed E-state index contributed by atoms with van der Waals surface area (Å²) in [4.78, 5) is 22.2. The predicted octanol–water partition coefficient (Wildman–Crippen LogP) is 13.1. The van der Waals surface area contributed by atoms with Gasteiger partial charge in [0, 0.05) is 59.9 Å². The summed E-state index contributed by atoms with van der Waals surface area (Å²) in [6.45, 7) is 8.73. The second-order valence-electron chi connectivity index (χ2n) is 14.5. The summed E-state index contributed by atoms with van der Waals surface area (Å²) in [5.74, 6) is 0. The molecule has 0 spiro atoms. The van der Waals surface area contributed by atoms with Crippen molar-refractivity contribution in [2.45, 2.75) is 27.7 Å². The maximum Gasteiger partial charge on any atom is 0.0644 e. The number of pyridine rings is 4. The van der Waals surface area contributed by atoms with E-state index in [0.29, 0.717) is 0 Å². The molecule has 5 aromatic carbocycles. The Morgan fingerprint density at radius 1 is 0.321 bits per heavy atom. The second kappa shape index (κ2) is 14.6. The summed E-state index contributed by atoms with van der Waals surface area (Å²) in [5, 5.41) is 4.69. The van der Waals surface area contributed by atoms with Crippen molar-refractivity contribution in [3.63, 3.8) is 0 Å². The summed E-state index contributed by atoms with van der Waals surface area (Å²) in [5.41, 5.74) is 15.7. The molecule has 0 fully saturated rings. The van der Waals surface area contributed by atoms with Crippen LogP contribution in [-0.2, 0) is 0 Å². The van der Waals surface area contributed by atoms with Gasteiger partial charge in [-0.1, -0.05) is 70.8 Å². The van der Waals surface area contributed by atoms with Gasteiger partial charge in [-0.3, -0.25) is 19.9 Å². The molecular weight excluding hydrogens is 685 g/mol. The molecule has 0 aliphatic rings. The number of fused-ring (bicyclic) bond motifs is 2. The van der Waals surface area contributed by atoms with E-state index in [4.69, 9.17) is 0 Å². The highest BCUT2D eigenvalue weighted by Crippen LogP contribution is 2.48. The van der Waals surface area contributed by atoms with Crippen molar-refractivity contribution >= 4 is 55.7 Å². The minimum Gasteiger partial charge on any atom is -0.309 e. The Morgan fingerprint density at radius 3 is 1.07 bits per heavy atom. The number of aryl methyl sites for hydroxylation is 4. The second-order valence-corrected chi connectivity index (χ2v) is 14.5. The molecule has 0 atom stereocenters. The quantitative estimate of drug-likeness (QED) is 0.145. The van der Waals surface area contributed by atoms with E-state index in [-0.39, 0.29) is 0 Å². The topological polar surface area (TPSA) is 58.0 Å². The van der Waals surface area contributed by atoms with Gasteiger partial charge in [-0.2, -0.15) is 0 Å². The Hall–Kier alpha value is -7.18. The van der Waals surface area contributed by atoms with Crippen LogP contribution in [0.25, 0.3) is 43.8 Å². The lowest BCUT2D eigenvalue weighted by atomic mass is 9.84. The van der Waals surface area contributed by atoms with Crippen LogP contribution in [0.5, 0.6) is 0 Å². The molecule has 4 aromatic heterocycles. The first kappa shape index (κ1) is 34.6. The molecule has 0 aliphatic heterocycles. The number of nitrogens with zero attached hydrogens (tertiary/aromatic N) is 6. The van der Waals surface area contributed by atoms with Gasteiger partial charge < -0.3 is 9.80 Å². The van der Waals surface area contributed by atoms with E-state index in [1.807, 2.05) is 86.0 Å². The van der Waals surface area contributed by atoms with E-state index >= 15 is 0 Å². The standard InChI is InChI=1S/C50H40N6/c1-33-23-34(2)26-37(25-33)49-45-11-9-42(56(40-15-21-52-22-16-40)44-8-6-18-54-32-44)30-48(45)50(38-27-35(3)24-36(4)28-38)46-12-10-41(29-47(46)49)55(39-13-19-51-20-14-39)43-7-5-17-53-31-43/h5-32H,1-4H3. The first-order chi connectivity index (χ1) is 27.4. The summed E-state index contributed by atoms with van der Waals surface area (Å²) in [7, 11) is 0. The highest BCUT2D eigenvalue weighted by atomic mass is 15.2. The van der Waals surface area contributed by atoms with E-state index in [2.05, 4.69) is 142 Å². The van der Waals surface area contributed by atoms with Crippen LogP contribution in [0, 0.1) is 27.7 Å². The van der Waals surface area contributed by atoms with Crippen LogP contribution in [0.3, 0.4) is 0 Å². The Bertz CT molecular complexity index is 2520. The van der Waals surface area contributed by atoms with Crippen LogP contribution in [0.4, 0.5) is 34.1 Å². The Labute approximate surface area is 327 Å². The molecule has 0 bridgehead atoms. The number of hydrogen-bond donors (Lipinski definition) is 0. The molecular formula is C50H40N6. The fraction of sp³-hybridized carbons (Fsp3) is 0.0800. The molecule has 0 aliphatic carbocycles. The summed E-state index contributed by atoms with van der Waals surface area (Å²) < 4.78 is 0. The normalized spacial score (nSPS) is 11.2. The molecule has 4 heterocycles. The van der Waals surface area contributed by atoms with E-state index in [9.17, 15) is 0 Å². The third kappa shape index (κ3) is 6.52.